The van der Waals surface area contributed by atoms with Crippen LogP contribution in [-0.4, -0.2) is 29.3 Å². The summed E-state index contributed by atoms with van der Waals surface area (Å²) < 4.78 is 0. The van der Waals surface area contributed by atoms with E-state index in [0.717, 1.165) is 5.69 Å². The van der Waals surface area contributed by atoms with Gasteiger partial charge in [-0.15, -0.1) is 0 Å². The van der Waals surface area contributed by atoms with Gasteiger partial charge in [0.2, 0.25) is 0 Å². The van der Waals surface area contributed by atoms with Gasteiger partial charge in [-0.2, -0.15) is 0 Å². The molecule has 2 heterocycles. The number of benzene rings is 1. The monoisotopic (exact) mass is 338 g/mol. The number of fused-ring (bicyclic) bond motifs is 1. The Morgan fingerprint density at radius 2 is 1.88 bits per heavy atom. The lowest BCUT2D eigenvalue weighted by atomic mass is 10.1. The van der Waals surface area contributed by atoms with Crippen molar-refractivity contribution >= 4 is 23.4 Å². The summed E-state index contributed by atoms with van der Waals surface area (Å²) in [5, 5.41) is 5.02. The van der Waals surface area contributed by atoms with Gasteiger partial charge in [-0.25, -0.2) is 0 Å². The zero-order valence-electron chi connectivity index (χ0n) is 13.7. The van der Waals surface area contributed by atoms with E-state index in [2.05, 4.69) is 15.6 Å². The highest BCUT2D eigenvalue weighted by atomic mass is 16.2. The van der Waals surface area contributed by atoms with Gasteiger partial charge in [-0.05, 0) is 25.1 Å². The predicted octanol–water partition coefficient (Wildman–Crippen LogP) is 0.922. The molecule has 3 rings (SSSR count). The number of nitrogens with one attached hydrogen (secondary N) is 2. The zero-order chi connectivity index (χ0) is 17.8. The first-order valence-corrected chi connectivity index (χ1v) is 8.00. The van der Waals surface area contributed by atoms with Crippen molar-refractivity contribution in [2.75, 3.05) is 11.4 Å². The number of para-hydroxylation sites is 1. The molecule has 7 nitrogen and oxygen atoms in total. The number of aromatic nitrogens is 1. The number of carbonyl (C=O) groups is 3. The van der Waals surface area contributed by atoms with Crippen molar-refractivity contribution in [1.29, 1.82) is 0 Å². The minimum Gasteiger partial charge on any atom is -0.342 e. The van der Waals surface area contributed by atoms with E-state index in [1.54, 1.807) is 41.4 Å². The fraction of sp³-hybridized carbons (Fsp3) is 0.222. The van der Waals surface area contributed by atoms with Gasteiger partial charge in [-0.3, -0.25) is 19.4 Å². The molecule has 0 fully saturated rings. The topological polar surface area (TPSA) is 91.4 Å². The Morgan fingerprint density at radius 1 is 1.12 bits per heavy atom. The average Bonchev–Trinajstić information content (AvgIpc) is 2.91. The van der Waals surface area contributed by atoms with Crippen molar-refractivity contribution in [3.63, 3.8) is 0 Å². The molecular formula is C18H18N4O3. The molecule has 0 radical (unpaired) electrons. The van der Waals surface area contributed by atoms with E-state index in [1.807, 2.05) is 19.1 Å². The van der Waals surface area contributed by atoms with Gasteiger partial charge < -0.3 is 15.5 Å². The first-order valence-electron chi connectivity index (χ1n) is 8.00. The maximum atomic E-state index is 12.5. The number of nitrogens with zero attached hydrogens (tertiary/aromatic N) is 2. The summed E-state index contributed by atoms with van der Waals surface area (Å²) in [7, 11) is 0. The summed E-state index contributed by atoms with van der Waals surface area (Å²) in [6, 6.07) is 11.7. The van der Waals surface area contributed by atoms with Gasteiger partial charge in [0.1, 0.15) is 6.04 Å². The highest BCUT2D eigenvalue weighted by Crippen LogP contribution is 2.35. The molecular weight excluding hydrogens is 320 g/mol. The molecule has 2 N–H and O–H groups in total. The molecule has 0 saturated carbocycles. The van der Waals surface area contributed by atoms with Crippen molar-refractivity contribution in [3.05, 3.63) is 59.9 Å². The molecule has 1 atom stereocenters. The van der Waals surface area contributed by atoms with Crippen LogP contribution < -0.4 is 15.5 Å². The van der Waals surface area contributed by atoms with Crippen LogP contribution in [0.2, 0.25) is 0 Å². The van der Waals surface area contributed by atoms with Crippen LogP contribution in [-0.2, 0) is 20.9 Å². The Hall–Kier alpha value is -3.22. The van der Waals surface area contributed by atoms with Crippen LogP contribution in [0.4, 0.5) is 5.69 Å². The second kappa shape index (κ2) is 7.12. The fourth-order valence-corrected chi connectivity index (χ4v) is 2.80. The Kier molecular flexibility index (Phi) is 4.74. The van der Waals surface area contributed by atoms with Crippen LogP contribution in [0.3, 0.4) is 0 Å². The number of carbonyl (C=O) groups excluding carboxylic acids is 3. The molecule has 0 unspecified atom stereocenters. The number of hydrogen-bond donors (Lipinski definition) is 2. The van der Waals surface area contributed by atoms with E-state index in [4.69, 9.17) is 0 Å². The quantitative estimate of drug-likeness (QED) is 0.811. The third kappa shape index (κ3) is 3.35. The SMILES string of the molecule is CCN1C(=O)[C@H](NC(=O)C(=O)NCc2ccccn2)c2ccccc21. The molecule has 2 aromatic rings. The summed E-state index contributed by atoms with van der Waals surface area (Å²) in [4.78, 5) is 42.3. The Balaban J connectivity index is 1.66. The van der Waals surface area contributed by atoms with Crippen LogP contribution in [0.5, 0.6) is 0 Å². The number of rotatable bonds is 4. The smallest absolute Gasteiger partial charge is 0.310 e. The fourth-order valence-electron chi connectivity index (χ4n) is 2.80. The van der Waals surface area contributed by atoms with Crippen molar-refractivity contribution < 1.29 is 14.4 Å². The van der Waals surface area contributed by atoms with Crippen molar-refractivity contribution in [2.24, 2.45) is 0 Å². The second-order valence-electron chi connectivity index (χ2n) is 5.55. The molecule has 3 amide bonds. The van der Waals surface area contributed by atoms with Crippen LogP contribution in [0.25, 0.3) is 0 Å². The van der Waals surface area contributed by atoms with E-state index in [-0.39, 0.29) is 12.5 Å². The van der Waals surface area contributed by atoms with Crippen LogP contribution in [0.1, 0.15) is 24.2 Å². The normalized spacial score (nSPS) is 15.6. The highest BCUT2D eigenvalue weighted by molar-refractivity contribution is 6.35. The minimum absolute atomic E-state index is 0.142. The summed E-state index contributed by atoms with van der Waals surface area (Å²) >= 11 is 0. The summed E-state index contributed by atoms with van der Waals surface area (Å²) in [5.74, 6) is -1.89. The Labute approximate surface area is 145 Å². The molecule has 0 aliphatic carbocycles. The van der Waals surface area contributed by atoms with Gasteiger partial charge in [0.15, 0.2) is 0 Å². The summed E-state index contributed by atoms with van der Waals surface area (Å²) in [6.07, 6.45) is 1.61. The number of pyridine rings is 1. The van der Waals surface area contributed by atoms with Crippen molar-refractivity contribution in [2.45, 2.75) is 19.5 Å². The molecule has 0 spiro atoms. The maximum absolute atomic E-state index is 12.5. The van der Waals surface area contributed by atoms with Crippen molar-refractivity contribution in [1.82, 2.24) is 15.6 Å². The molecule has 7 heteroatoms. The number of amides is 3. The van der Waals surface area contributed by atoms with Gasteiger partial charge in [0.05, 0.1) is 12.2 Å². The Bertz CT molecular complexity index is 807. The van der Waals surface area contributed by atoms with E-state index < -0.39 is 17.9 Å². The first kappa shape index (κ1) is 16.6. The van der Waals surface area contributed by atoms with Gasteiger partial charge in [0, 0.05) is 24.0 Å². The predicted molar refractivity (Wildman–Crippen MR) is 91.4 cm³/mol. The molecule has 1 aromatic carbocycles. The van der Waals surface area contributed by atoms with Crippen LogP contribution in [0, 0.1) is 0 Å². The standard InChI is InChI=1S/C18H18N4O3/c1-2-22-14-9-4-3-8-13(14)15(18(22)25)21-17(24)16(23)20-11-12-7-5-6-10-19-12/h3-10,15H,2,11H2,1H3,(H,20,23)(H,21,24)/t15-/m1/s1. The van der Waals surface area contributed by atoms with Crippen LogP contribution >= 0.6 is 0 Å². The second-order valence-corrected chi connectivity index (χ2v) is 5.55. The first-order chi connectivity index (χ1) is 12.1. The molecule has 1 aliphatic rings. The number of hydrogen-bond acceptors (Lipinski definition) is 4. The van der Waals surface area contributed by atoms with Gasteiger partial charge in [0.25, 0.3) is 5.91 Å². The number of anilines is 1. The van der Waals surface area contributed by atoms with Crippen LogP contribution in [0.15, 0.2) is 48.7 Å². The van der Waals surface area contributed by atoms with Gasteiger partial charge in [-0.1, -0.05) is 24.3 Å². The molecule has 128 valence electrons. The largest absolute Gasteiger partial charge is 0.342 e. The maximum Gasteiger partial charge on any atom is 0.310 e. The third-order valence-corrected chi connectivity index (χ3v) is 4.01. The average molecular weight is 338 g/mol. The third-order valence-electron chi connectivity index (χ3n) is 4.01. The minimum atomic E-state index is -0.845. The molecule has 1 aromatic heterocycles. The Morgan fingerprint density at radius 3 is 2.60 bits per heavy atom. The summed E-state index contributed by atoms with van der Waals surface area (Å²) in [6.45, 7) is 2.50. The molecule has 25 heavy (non-hydrogen) atoms. The molecule has 1 aliphatic heterocycles. The lowest BCUT2D eigenvalue weighted by molar-refractivity contribution is -0.140. The van der Waals surface area contributed by atoms with E-state index in [0.29, 0.717) is 17.8 Å². The van der Waals surface area contributed by atoms with E-state index >= 15 is 0 Å². The highest BCUT2D eigenvalue weighted by Gasteiger charge is 2.37. The lowest BCUT2D eigenvalue weighted by Gasteiger charge is -2.15. The summed E-state index contributed by atoms with van der Waals surface area (Å²) in [5.41, 5.74) is 2.09. The van der Waals surface area contributed by atoms with E-state index in [1.165, 1.54) is 0 Å². The lowest BCUT2D eigenvalue weighted by Crippen LogP contribution is -2.44. The number of likely N-dealkylation sites (N-methyl/N-ethyl adjacent to an activating group) is 1. The van der Waals surface area contributed by atoms with Gasteiger partial charge >= 0.3 is 11.8 Å². The van der Waals surface area contributed by atoms with E-state index in [9.17, 15) is 14.4 Å². The van der Waals surface area contributed by atoms with Crippen molar-refractivity contribution in [3.8, 4) is 0 Å². The molecule has 0 saturated heterocycles. The molecule has 0 bridgehead atoms. The zero-order valence-corrected chi connectivity index (χ0v) is 13.7.